The molecule has 1 aliphatic heterocycles. The molecule has 1 saturated heterocycles. The van der Waals surface area contributed by atoms with E-state index in [0.717, 1.165) is 23.5 Å². The van der Waals surface area contributed by atoms with Gasteiger partial charge >= 0.3 is 12.2 Å². The van der Waals surface area contributed by atoms with Gasteiger partial charge in [-0.25, -0.2) is 14.2 Å². The molecule has 1 aromatic carbocycles. The Labute approximate surface area is 211 Å². The third-order valence-corrected chi connectivity index (χ3v) is 7.17. The van der Waals surface area contributed by atoms with Crippen LogP contribution in [0.2, 0.25) is 5.02 Å². The number of aromatic nitrogens is 2. The fourth-order valence-corrected chi connectivity index (χ4v) is 5.13. The summed E-state index contributed by atoms with van der Waals surface area (Å²) in [7, 11) is 0. The number of aliphatic hydroxyl groups excluding tert-OH is 3. The Morgan fingerprint density at radius 1 is 1.25 bits per heavy atom. The largest absolute Gasteiger partial charge is 0.416 e. The number of likely N-dealkylation sites (tertiary alicyclic amines) is 1. The number of aliphatic hydroxyl groups is 3. The van der Waals surface area contributed by atoms with E-state index in [1.54, 1.807) is 0 Å². The van der Waals surface area contributed by atoms with Gasteiger partial charge in [0.2, 0.25) is 0 Å². The second kappa shape index (κ2) is 10.1. The maximum atomic E-state index is 15.7. The van der Waals surface area contributed by atoms with E-state index >= 15 is 4.39 Å². The number of rotatable bonds is 5. The van der Waals surface area contributed by atoms with Gasteiger partial charge in [0, 0.05) is 37.7 Å². The molecular weight excluding hydrogens is 528 g/mol. The monoisotopic (exact) mass is 548 g/mol. The Morgan fingerprint density at radius 3 is 2.56 bits per heavy atom. The van der Waals surface area contributed by atoms with Crippen molar-refractivity contribution in [2.24, 2.45) is 0 Å². The molecule has 1 aliphatic rings. The van der Waals surface area contributed by atoms with Crippen LogP contribution >= 0.6 is 22.9 Å². The topological polar surface area (TPSA) is 119 Å². The summed E-state index contributed by atoms with van der Waals surface area (Å²) >= 11 is 7.10. The van der Waals surface area contributed by atoms with Gasteiger partial charge in [-0.05, 0) is 24.3 Å². The summed E-state index contributed by atoms with van der Waals surface area (Å²) < 4.78 is 54.7. The van der Waals surface area contributed by atoms with Crippen molar-refractivity contribution in [1.29, 1.82) is 0 Å². The number of alkyl halides is 4. The highest BCUT2D eigenvalue weighted by Crippen LogP contribution is 2.40. The standard InChI is InChI=1S/C22H21ClF4N4O4S/c23-13-7-11(17(34)15(33)10-32)9-28-18(13)21(24)3-5-31(6-4-21)20(35)30-19-29-14-2-1-12(22(25,26)27)8-16(14)36-19/h1-2,7-9,15,17,32-34H,3-6,10H2,(H,29,30,35)/t15-,17+/m1/s1. The van der Waals surface area contributed by atoms with Crippen molar-refractivity contribution in [2.75, 3.05) is 25.0 Å². The lowest BCUT2D eigenvalue weighted by Gasteiger charge is -2.36. The maximum Gasteiger partial charge on any atom is 0.416 e. The minimum Gasteiger partial charge on any atom is -0.394 e. The van der Waals surface area contributed by atoms with Gasteiger partial charge in [0.25, 0.3) is 0 Å². The number of carbonyl (C=O) groups is 1. The molecule has 0 radical (unpaired) electrons. The number of nitrogens with one attached hydrogen (secondary N) is 1. The summed E-state index contributed by atoms with van der Waals surface area (Å²) in [6.45, 7) is -0.661. The number of pyridine rings is 1. The van der Waals surface area contributed by atoms with E-state index in [4.69, 9.17) is 16.7 Å². The Morgan fingerprint density at radius 2 is 1.94 bits per heavy atom. The number of hydrogen-bond donors (Lipinski definition) is 4. The molecule has 1 fully saturated rings. The van der Waals surface area contributed by atoms with Gasteiger partial charge in [-0.15, -0.1) is 0 Å². The number of piperidine rings is 1. The van der Waals surface area contributed by atoms with E-state index in [1.165, 1.54) is 23.2 Å². The van der Waals surface area contributed by atoms with Crippen molar-refractivity contribution in [3.8, 4) is 0 Å². The number of anilines is 1. The molecule has 36 heavy (non-hydrogen) atoms. The minimum absolute atomic E-state index is 0.0110. The van der Waals surface area contributed by atoms with Crippen LogP contribution in [0.25, 0.3) is 10.2 Å². The first-order valence-corrected chi connectivity index (χ1v) is 12.0. The van der Waals surface area contributed by atoms with Crippen molar-refractivity contribution in [3.63, 3.8) is 0 Å². The van der Waals surface area contributed by atoms with Crippen LogP contribution in [-0.2, 0) is 11.8 Å². The molecule has 0 aliphatic carbocycles. The zero-order valence-corrected chi connectivity index (χ0v) is 20.0. The Balaban J connectivity index is 1.41. The number of amides is 2. The zero-order chi connectivity index (χ0) is 26.3. The van der Waals surface area contributed by atoms with E-state index in [2.05, 4.69) is 15.3 Å². The number of fused-ring (bicyclic) bond motifs is 1. The predicted octanol–water partition coefficient (Wildman–Crippen LogP) is 4.24. The highest BCUT2D eigenvalue weighted by atomic mass is 35.5. The first kappa shape index (κ1) is 26.5. The molecule has 2 amide bonds. The molecular formula is C22H21ClF4N4O4S. The molecule has 0 bridgehead atoms. The van der Waals surface area contributed by atoms with Crippen LogP contribution in [0.3, 0.4) is 0 Å². The summed E-state index contributed by atoms with van der Waals surface area (Å²) in [6.07, 6.45) is -6.46. The van der Waals surface area contributed by atoms with Crippen molar-refractivity contribution < 1.29 is 37.7 Å². The summed E-state index contributed by atoms with van der Waals surface area (Å²) in [6, 6.07) is 3.81. The fourth-order valence-electron chi connectivity index (χ4n) is 3.89. The highest BCUT2D eigenvalue weighted by Gasteiger charge is 2.41. The van der Waals surface area contributed by atoms with E-state index in [1.807, 2.05) is 0 Å². The molecule has 2 atom stereocenters. The smallest absolute Gasteiger partial charge is 0.394 e. The number of nitrogens with zero attached hydrogens (tertiary/aromatic N) is 3. The van der Waals surface area contributed by atoms with Gasteiger partial charge in [-0.1, -0.05) is 22.9 Å². The Hall–Kier alpha value is -2.58. The average molecular weight is 549 g/mol. The van der Waals surface area contributed by atoms with Crippen molar-refractivity contribution in [1.82, 2.24) is 14.9 Å². The number of benzene rings is 1. The molecule has 3 heterocycles. The average Bonchev–Trinajstić information content (AvgIpc) is 3.24. The van der Waals surface area contributed by atoms with Crippen LogP contribution in [0.1, 0.15) is 35.8 Å². The molecule has 14 heteroatoms. The van der Waals surface area contributed by atoms with E-state index in [9.17, 15) is 28.2 Å². The van der Waals surface area contributed by atoms with Crippen LogP contribution < -0.4 is 5.32 Å². The number of urea groups is 1. The maximum absolute atomic E-state index is 15.7. The van der Waals surface area contributed by atoms with Crippen LogP contribution in [0.15, 0.2) is 30.5 Å². The summed E-state index contributed by atoms with van der Waals surface area (Å²) in [5, 5.41) is 31.1. The summed E-state index contributed by atoms with van der Waals surface area (Å²) in [5.74, 6) is 0. The third-order valence-electron chi connectivity index (χ3n) is 5.95. The Bertz CT molecular complexity index is 1270. The van der Waals surface area contributed by atoms with Gasteiger partial charge in [-0.2, -0.15) is 13.2 Å². The predicted molar refractivity (Wildman–Crippen MR) is 125 cm³/mol. The van der Waals surface area contributed by atoms with Crippen molar-refractivity contribution in [2.45, 2.75) is 36.9 Å². The van der Waals surface area contributed by atoms with Crippen molar-refractivity contribution >= 4 is 44.3 Å². The normalized spacial score (nSPS) is 17.7. The number of hydrogen-bond acceptors (Lipinski definition) is 7. The lowest BCUT2D eigenvalue weighted by molar-refractivity contribution is -0.137. The van der Waals surface area contributed by atoms with Gasteiger partial charge in [-0.3, -0.25) is 10.3 Å². The quantitative estimate of drug-likeness (QED) is 0.354. The number of carbonyl (C=O) groups excluding carboxylic acids is 1. The zero-order valence-electron chi connectivity index (χ0n) is 18.5. The lowest BCUT2D eigenvalue weighted by atomic mass is 9.89. The third kappa shape index (κ3) is 5.39. The van der Waals surface area contributed by atoms with Gasteiger partial charge in [0.15, 0.2) is 10.8 Å². The summed E-state index contributed by atoms with van der Waals surface area (Å²) in [5.41, 5.74) is -2.40. The van der Waals surface area contributed by atoms with E-state index in [0.29, 0.717) is 5.52 Å². The molecule has 0 spiro atoms. The first-order valence-electron chi connectivity index (χ1n) is 10.8. The van der Waals surface area contributed by atoms with Crippen molar-refractivity contribution in [3.05, 3.63) is 52.3 Å². The molecule has 4 N–H and O–H groups in total. The second-order valence-electron chi connectivity index (χ2n) is 8.38. The van der Waals surface area contributed by atoms with Crippen LogP contribution in [0.4, 0.5) is 27.5 Å². The molecule has 4 rings (SSSR count). The lowest BCUT2D eigenvalue weighted by Crippen LogP contribution is -2.45. The molecule has 194 valence electrons. The molecule has 0 unspecified atom stereocenters. The van der Waals surface area contributed by atoms with Crippen LogP contribution in [0.5, 0.6) is 0 Å². The number of thiazole rings is 1. The molecule has 3 aromatic rings. The summed E-state index contributed by atoms with van der Waals surface area (Å²) in [4.78, 5) is 22.2. The van der Waals surface area contributed by atoms with E-state index in [-0.39, 0.29) is 52.0 Å². The minimum atomic E-state index is -4.49. The van der Waals surface area contributed by atoms with Gasteiger partial charge in [0.05, 0.1) is 33.1 Å². The first-order chi connectivity index (χ1) is 16.9. The molecule has 2 aromatic heterocycles. The van der Waals surface area contributed by atoms with Gasteiger partial charge < -0.3 is 20.2 Å². The van der Waals surface area contributed by atoms with E-state index < -0.39 is 42.3 Å². The molecule has 0 saturated carbocycles. The fraction of sp³-hybridized carbons (Fsp3) is 0.409. The SMILES string of the molecule is O=C(Nc1nc2ccc(C(F)(F)F)cc2s1)N1CCC(F)(c2ncc([C@H](O)[C@H](O)CO)cc2Cl)CC1. The van der Waals surface area contributed by atoms with Crippen LogP contribution in [0, 0.1) is 0 Å². The highest BCUT2D eigenvalue weighted by molar-refractivity contribution is 7.22. The Kier molecular flexibility index (Phi) is 7.40. The second-order valence-corrected chi connectivity index (χ2v) is 9.81. The number of halogens is 5. The van der Waals surface area contributed by atoms with Crippen LogP contribution in [-0.4, -0.2) is 62.0 Å². The van der Waals surface area contributed by atoms with Gasteiger partial charge in [0.1, 0.15) is 12.2 Å². The molecule has 8 nitrogen and oxygen atoms in total.